The molecule has 1 aliphatic rings. The fourth-order valence-electron chi connectivity index (χ4n) is 1.53. The van der Waals surface area contributed by atoms with Crippen LogP contribution in [0, 0.1) is 5.92 Å². The van der Waals surface area contributed by atoms with Gasteiger partial charge >= 0.3 is 0 Å². The maximum atomic E-state index is 9.21. The smallest absolute Gasteiger partial charge is 0.0831 e. The van der Waals surface area contributed by atoms with E-state index in [1.165, 1.54) is 12.8 Å². The van der Waals surface area contributed by atoms with Crippen LogP contribution in [0.2, 0.25) is 0 Å². The predicted molar refractivity (Wildman–Crippen MR) is 44.4 cm³/mol. The third kappa shape index (κ3) is 2.46. The molecule has 66 valence electrons. The molecule has 1 aliphatic heterocycles. The van der Waals surface area contributed by atoms with Crippen molar-refractivity contribution in [1.29, 1.82) is 0 Å². The van der Waals surface area contributed by atoms with Crippen LogP contribution < -0.4 is 0 Å². The molecular formula is C9H18O2. The zero-order valence-corrected chi connectivity index (χ0v) is 7.42. The van der Waals surface area contributed by atoms with Gasteiger partial charge in [-0.25, -0.2) is 0 Å². The number of aliphatic hydroxyl groups excluding tert-OH is 1. The Morgan fingerprint density at radius 1 is 1.55 bits per heavy atom. The molecular weight excluding hydrogens is 140 g/mol. The molecule has 0 amide bonds. The van der Waals surface area contributed by atoms with E-state index < -0.39 is 0 Å². The van der Waals surface area contributed by atoms with E-state index in [0.29, 0.717) is 0 Å². The topological polar surface area (TPSA) is 29.5 Å². The molecule has 3 atom stereocenters. The van der Waals surface area contributed by atoms with Crippen molar-refractivity contribution in [2.75, 3.05) is 6.61 Å². The van der Waals surface area contributed by atoms with Gasteiger partial charge in [0.15, 0.2) is 0 Å². The summed E-state index contributed by atoms with van der Waals surface area (Å²) in [6.45, 7) is 4.83. The second kappa shape index (κ2) is 4.07. The van der Waals surface area contributed by atoms with Gasteiger partial charge in [-0.1, -0.05) is 13.3 Å². The van der Waals surface area contributed by atoms with Gasteiger partial charge in [0.05, 0.1) is 12.2 Å². The number of ether oxygens (including phenoxy) is 1. The molecule has 0 saturated carbocycles. The van der Waals surface area contributed by atoms with Gasteiger partial charge in [-0.2, -0.15) is 0 Å². The molecule has 1 unspecified atom stereocenters. The summed E-state index contributed by atoms with van der Waals surface area (Å²) in [5, 5.41) is 9.21. The molecule has 11 heavy (non-hydrogen) atoms. The van der Waals surface area contributed by atoms with Gasteiger partial charge in [0.25, 0.3) is 0 Å². The lowest BCUT2D eigenvalue weighted by Crippen LogP contribution is -2.33. The van der Waals surface area contributed by atoms with Crippen molar-refractivity contribution in [1.82, 2.24) is 0 Å². The Morgan fingerprint density at radius 3 is 2.64 bits per heavy atom. The molecule has 1 fully saturated rings. The Kier molecular flexibility index (Phi) is 3.34. The highest BCUT2D eigenvalue weighted by molar-refractivity contribution is 4.72. The van der Waals surface area contributed by atoms with E-state index in [1.54, 1.807) is 6.92 Å². The fraction of sp³-hybridized carbons (Fsp3) is 1.00. The Labute approximate surface area is 68.6 Å². The van der Waals surface area contributed by atoms with Gasteiger partial charge in [-0.3, -0.25) is 0 Å². The SMILES string of the molecule is CCC1CC[C@@H]([C@@H](C)O)OC1. The van der Waals surface area contributed by atoms with Crippen molar-refractivity contribution in [3.8, 4) is 0 Å². The Bertz CT molecular complexity index is 104. The summed E-state index contributed by atoms with van der Waals surface area (Å²) in [4.78, 5) is 0. The molecule has 0 radical (unpaired) electrons. The zero-order chi connectivity index (χ0) is 8.27. The van der Waals surface area contributed by atoms with Crippen molar-refractivity contribution in [2.24, 2.45) is 5.92 Å². The lowest BCUT2D eigenvalue weighted by molar-refractivity contribution is -0.0750. The number of hydrogen-bond donors (Lipinski definition) is 1. The molecule has 0 bridgehead atoms. The second-order valence-electron chi connectivity index (χ2n) is 3.46. The largest absolute Gasteiger partial charge is 0.391 e. The van der Waals surface area contributed by atoms with Crippen LogP contribution in [0.15, 0.2) is 0 Å². The molecule has 2 nitrogen and oxygen atoms in total. The first-order valence-corrected chi connectivity index (χ1v) is 4.53. The van der Waals surface area contributed by atoms with Gasteiger partial charge in [-0.15, -0.1) is 0 Å². The van der Waals surface area contributed by atoms with Crippen LogP contribution in [0.1, 0.15) is 33.1 Å². The number of aliphatic hydroxyl groups is 1. The van der Waals surface area contributed by atoms with E-state index in [9.17, 15) is 5.11 Å². The minimum Gasteiger partial charge on any atom is -0.391 e. The van der Waals surface area contributed by atoms with Crippen molar-refractivity contribution in [2.45, 2.75) is 45.3 Å². The second-order valence-corrected chi connectivity index (χ2v) is 3.46. The molecule has 1 saturated heterocycles. The maximum absolute atomic E-state index is 9.21. The van der Waals surface area contributed by atoms with E-state index in [4.69, 9.17) is 4.74 Å². The van der Waals surface area contributed by atoms with Crippen LogP contribution in [-0.2, 0) is 4.74 Å². The summed E-state index contributed by atoms with van der Waals surface area (Å²) in [5.41, 5.74) is 0. The van der Waals surface area contributed by atoms with Gasteiger partial charge < -0.3 is 9.84 Å². The van der Waals surface area contributed by atoms with Crippen LogP contribution in [0.4, 0.5) is 0 Å². The summed E-state index contributed by atoms with van der Waals surface area (Å²) in [5.74, 6) is 0.727. The first kappa shape index (κ1) is 9.01. The maximum Gasteiger partial charge on any atom is 0.0831 e. The minimum absolute atomic E-state index is 0.0952. The molecule has 0 aromatic rings. The number of hydrogen-bond acceptors (Lipinski definition) is 2. The van der Waals surface area contributed by atoms with Gasteiger partial charge in [0, 0.05) is 6.61 Å². The summed E-state index contributed by atoms with van der Waals surface area (Å²) in [6, 6.07) is 0. The predicted octanol–water partition coefficient (Wildman–Crippen LogP) is 1.57. The molecule has 1 N–H and O–H groups in total. The molecule has 0 aliphatic carbocycles. The molecule has 1 heterocycles. The van der Waals surface area contributed by atoms with Crippen LogP contribution >= 0.6 is 0 Å². The van der Waals surface area contributed by atoms with E-state index in [0.717, 1.165) is 18.9 Å². The van der Waals surface area contributed by atoms with E-state index in [1.807, 2.05) is 0 Å². The summed E-state index contributed by atoms with van der Waals surface area (Å²) < 4.78 is 5.49. The highest BCUT2D eigenvalue weighted by Crippen LogP contribution is 2.22. The summed E-state index contributed by atoms with van der Waals surface area (Å²) >= 11 is 0. The monoisotopic (exact) mass is 158 g/mol. The molecule has 2 heteroatoms. The first-order valence-electron chi connectivity index (χ1n) is 4.53. The summed E-state index contributed by atoms with van der Waals surface area (Å²) in [6.07, 6.45) is 3.24. The van der Waals surface area contributed by atoms with Crippen LogP contribution in [-0.4, -0.2) is 23.9 Å². The first-order chi connectivity index (χ1) is 5.24. The molecule has 0 aromatic carbocycles. The zero-order valence-electron chi connectivity index (χ0n) is 7.42. The van der Waals surface area contributed by atoms with Crippen molar-refractivity contribution in [3.05, 3.63) is 0 Å². The Morgan fingerprint density at radius 2 is 2.27 bits per heavy atom. The highest BCUT2D eigenvalue weighted by Gasteiger charge is 2.23. The van der Waals surface area contributed by atoms with Crippen molar-refractivity contribution in [3.63, 3.8) is 0 Å². The highest BCUT2D eigenvalue weighted by atomic mass is 16.5. The van der Waals surface area contributed by atoms with E-state index in [-0.39, 0.29) is 12.2 Å². The third-order valence-corrected chi connectivity index (χ3v) is 2.52. The molecule has 0 aromatic heterocycles. The minimum atomic E-state index is -0.298. The summed E-state index contributed by atoms with van der Waals surface area (Å²) in [7, 11) is 0. The van der Waals surface area contributed by atoms with Crippen molar-refractivity contribution >= 4 is 0 Å². The lowest BCUT2D eigenvalue weighted by Gasteiger charge is -2.29. The third-order valence-electron chi connectivity index (χ3n) is 2.52. The standard InChI is InChI=1S/C9H18O2/c1-3-8-4-5-9(7(2)10)11-6-8/h7-10H,3-6H2,1-2H3/t7-,8?,9+/m1/s1. The Balaban J connectivity index is 2.24. The normalized spacial score (nSPS) is 35.2. The van der Waals surface area contributed by atoms with Crippen LogP contribution in [0.5, 0.6) is 0 Å². The van der Waals surface area contributed by atoms with Gasteiger partial charge in [0.2, 0.25) is 0 Å². The van der Waals surface area contributed by atoms with Crippen molar-refractivity contribution < 1.29 is 9.84 Å². The Hall–Kier alpha value is -0.0800. The molecule has 0 spiro atoms. The number of rotatable bonds is 2. The van der Waals surface area contributed by atoms with E-state index in [2.05, 4.69) is 6.92 Å². The van der Waals surface area contributed by atoms with Crippen LogP contribution in [0.25, 0.3) is 0 Å². The van der Waals surface area contributed by atoms with Gasteiger partial charge in [-0.05, 0) is 25.7 Å². The average molecular weight is 158 g/mol. The molecule has 1 rings (SSSR count). The quantitative estimate of drug-likeness (QED) is 0.661. The fourth-order valence-corrected chi connectivity index (χ4v) is 1.53. The van der Waals surface area contributed by atoms with Crippen LogP contribution in [0.3, 0.4) is 0 Å². The van der Waals surface area contributed by atoms with E-state index >= 15 is 0 Å². The average Bonchev–Trinajstić information content (AvgIpc) is 2.05. The lowest BCUT2D eigenvalue weighted by atomic mass is 9.94. The van der Waals surface area contributed by atoms with Gasteiger partial charge in [0.1, 0.15) is 0 Å².